The molecule has 0 saturated heterocycles. The monoisotopic (exact) mass is 498 g/mol. The van der Waals surface area contributed by atoms with Gasteiger partial charge in [-0.1, -0.05) is 103 Å². The summed E-state index contributed by atoms with van der Waals surface area (Å²) in [5.74, 6) is -2.17. The molecule has 0 saturated carbocycles. The summed E-state index contributed by atoms with van der Waals surface area (Å²) in [5, 5.41) is -2.09. The summed E-state index contributed by atoms with van der Waals surface area (Å²) in [6, 6.07) is 0. The van der Waals surface area contributed by atoms with E-state index in [1.54, 1.807) is 6.92 Å². The zero-order chi connectivity index (χ0) is 24.1. The third-order valence-corrected chi connectivity index (χ3v) is 6.35. The third-order valence-electron chi connectivity index (χ3n) is 5.29. The first kappa shape index (κ1) is 34.8. The molecule has 9 heteroatoms. The Kier molecular flexibility index (Phi) is 24.6. The van der Waals surface area contributed by atoms with Crippen LogP contribution in [0.25, 0.3) is 0 Å². The summed E-state index contributed by atoms with van der Waals surface area (Å²) in [6.07, 6.45) is 19.9. The van der Waals surface area contributed by atoms with Crippen molar-refractivity contribution in [2.45, 2.75) is 122 Å². The largest absolute Gasteiger partial charge is 1.00 e. The van der Waals surface area contributed by atoms with E-state index in [0.717, 1.165) is 25.5 Å². The molecule has 0 aliphatic carbocycles. The minimum Gasteiger partial charge on any atom is -0.747 e. The molecular weight excluding hydrogens is 455 g/mol. The number of rotatable bonds is 21. The first-order chi connectivity index (χ1) is 15.3. The second-order valence-electron chi connectivity index (χ2n) is 8.26. The Labute approximate surface area is 223 Å². The Morgan fingerprint density at radius 1 is 0.818 bits per heavy atom. The Morgan fingerprint density at radius 3 is 1.64 bits per heavy atom. The molecule has 1 unspecified atom stereocenters. The van der Waals surface area contributed by atoms with Gasteiger partial charge in [0.05, 0.1) is 19.3 Å². The van der Waals surface area contributed by atoms with E-state index in [1.807, 2.05) is 0 Å². The fourth-order valence-electron chi connectivity index (χ4n) is 3.38. The molecule has 0 bridgehead atoms. The maximum atomic E-state index is 11.8. The van der Waals surface area contributed by atoms with Gasteiger partial charge in [-0.25, -0.2) is 8.42 Å². The molecule has 0 fully saturated rings. The van der Waals surface area contributed by atoms with Gasteiger partial charge in [0, 0.05) is 0 Å². The molecule has 0 aromatic rings. The van der Waals surface area contributed by atoms with E-state index in [2.05, 4.69) is 11.7 Å². The number of allylic oxidation sites excluding steroid dienone is 1. The van der Waals surface area contributed by atoms with Crippen LogP contribution >= 0.6 is 0 Å². The van der Waals surface area contributed by atoms with Gasteiger partial charge >= 0.3 is 41.5 Å². The molecule has 188 valence electrons. The van der Waals surface area contributed by atoms with E-state index in [-0.39, 0.29) is 36.2 Å². The molecule has 0 amide bonds. The molecule has 0 rings (SSSR count). The maximum Gasteiger partial charge on any atom is 1.00 e. The molecule has 1 atom stereocenters. The third kappa shape index (κ3) is 21.8. The number of unbranched alkanes of at least 4 members (excludes halogenated alkanes) is 14. The van der Waals surface area contributed by atoms with Crippen LogP contribution in [0, 0.1) is 0 Å². The summed E-state index contributed by atoms with van der Waals surface area (Å²) >= 11 is 0. The van der Waals surface area contributed by atoms with Crippen molar-refractivity contribution < 1.29 is 61.6 Å². The summed E-state index contributed by atoms with van der Waals surface area (Å²) in [7, 11) is -5.01. The van der Waals surface area contributed by atoms with E-state index < -0.39 is 33.7 Å². The van der Waals surface area contributed by atoms with Gasteiger partial charge in [0.25, 0.3) is 0 Å². The van der Waals surface area contributed by atoms with Crippen molar-refractivity contribution in [3.8, 4) is 0 Å². The van der Waals surface area contributed by atoms with Gasteiger partial charge < -0.3 is 14.0 Å². The van der Waals surface area contributed by atoms with Crippen molar-refractivity contribution >= 4 is 22.1 Å². The Hall–Kier alpha value is -0.410. The zero-order valence-corrected chi connectivity index (χ0v) is 23.8. The van der Waals surface area contributed by atoms with Crippen LogP contribution in [0.4, 0.5) is 0 Å². The minimum atomic E-state index is -5.01. The van der Waals surface area contributed by atoms with Gasteiger partial charge in [0.2, 0.25) is 0 Å². The number of hydrogen-bond donors (Lipinski definition) is 0. The second-order valence-corrected chi connectivity index (χ2v) is 9.82. The van der Waals surface area contributed by atoms with Crippen LogP contribution in [0.2, 0.25) is 0 Å². The average Bonchev–Trinajstić information content (AvgIpc) is 2.74. The first-order valence-electron chi connectivity index (χ1n) is 12.2. The predicted molar refractivity (Wildman–Crippen MR) is 125 cm³/mol. The molecule has 0 aromatic carbocycles. The minimum absolute atomic E-state index is 0. The molecule has 0 radical (unpaired) electrons. The summed E-state index contributed by atoms with van der Waals surface area (Å²) in [5.41, 5.74) is 0. The Bertz CT molecular complexity index is 620. The standard InChI is InChI=1S/C24H44O7S.Na/c1-3-5-6-7-8-9-10-11-12-13-14-15-16-17-18-20-30-23(25)21-22(32(27,28)29)24(26)31-19-4-2;/h4,19,22H,3,5-18,20-21H2,1-2H3,(H,27,28,29);/q;+1/p-1/b19-4+;. The van der Waals surface area contributed by atoms with E-state index in [1.165, 1.54) is 76.7 Å². The fraction of sp³-hybridized carbons (Fsp3) is 0.833. The van der Waals surface area contributed by atoms with Crippen LogP contribution in [0.3, 0.4) is 0 Å². The molecule has 0 aliphatic heterocycles. The normalized spacial score (nSPS) is 12.3. The molecule has 0 N–H and O–H groups in total. The van der Waals surface area contributed by atoms with Crippen molar-refractivity contribution in [1.29, 1.82) is 0 Å². The summed E-state index contributed by atoms with van der Waals surface area (Å²) in [4.78, 5) is 23.4. The van der Waals surface area contributed by atoms with Gasteiger partial charge in [0.1, 0.15) is 10.1 Å². The van der Waals surface area contributed by atoms with Crippen LogP contribution in [-0.2, 0) is 29.2 Å². The number of hydrogen-bond acceptors (Lipinski definition) is 7. The average molecular weight is 499 g/mol. The molecule has 0 aromatic heterocycles. The van der Waals surface area contributed by atoms with Gasteiger partial charge in [-0.2, -0.15) is 0 Å². The molecular formula is C24H43NaO7S. The van der Waals surface area contributed by atoms with Crippen LogP contribution in [-0.4, -0.2) is 36.8 Å². The zero-order valence-electron chi connectivity index (χ0n) is 21.0. The molecule has 33 heavy (non-hydrogen) atoms. The summed E-state index contributed by atoms with van der Waals surface area (Å²) in [6.45, 7) is 3.94. The van der Waals surface area contributed by atoms with Crippen molar-refractivity contribution in [2.24, 2.45) is 0 Å². The quantitative estimate of drug-likeness (QED) is 0.0787. The number of esters is 2. The Balaban J connectivity index is 0. The second kappa shape index (κ2) is 23.3. The first-order valence-corrected chi connectivity index (χ1v) is 13.7. The van der Waals surface area contributed by atoms with Crippen molar-refractivity contribution in [1.82, 2.24) is 0 Å². The van der Waals surface area contributed by atoms with Gasteiger partial charge in [-0.05, 0) is 13.3 Å². The molecule has 0 heterocycles. The SMILES string of the molecule is C/C=C/OC(=O)C(CC(=O)OCCCCCCCCCCCCCCCCC)S(=O)(=O)[O-].[Na+]. The Morgan fingerprint density at radius 2 is 1.24 bits per heavy atom. The maximum absolute atomic E-state index is 11.8. The van der Waals surface area contributed by atoms with E-state index >= 15 is 0 Å². The number of carbonyl (C=O) groups excluding carboxylic acids is 2. The van der Waals surface area contributed by atoms with Crippen LogP contribution in [0.1, 0.15) is 117 Å². The van der Waals surface area contributed by atoms with E-state index in [9.17, 15) is 22.6 Å². The molecule has 0 spiro atoms. The van der Waals surface area contributed by atoms with Crippen molar-refractivity contribution in [3.63, 3.8) is 0 Å². The van der Waals surface area contributed by atoms with Gasteiger partial charge in [0.15, 0.2) is 5.25 Å². The summed E-state index contributed by atoms with van der Waals surface area (Å²) < 4.78 is 43.1. The van der Waals surface area contributed by atoms with Crippen molar-refractivity contribution in [3.05, 3.63) is 12.3 Å². The van der Waals surface area contributed by atoms with Crippen LogP contribution in [0.15, 0.2) is 12.3 Å². The van der Waals surface area contributed by atoms with Crippen molar-refractivity contribution in [2.75, 3.05) is 6.61 Å². The van der Waals surface area contributed by atoms with Crippen LogP contribution < -0.4 is 29.6 Å². The van der Waals surface area contributed by atoms with Crippen LogP contribution in [0.5, 0.6) is 0 Å². The number of ether oxygens (including phenoxy) is 2. The van der Waals surface area contributed by atoms with Gasteiger partial charge in [-0.15, -0.1) is 0 Å². The van der Waals surface area contributed by atoms with E-state index in [4.69, 9.17) is 4.74 Å². The van der Waals surface area contributed by atoms with E-state index in [0.29, 0.717) is 6.42 Å². The molecule has 7 nitrogen and oxygen atoms in total. The fourth-order valence-corrected chi connectivity index (χ4v) is 4.02. The smallest absolute Gasteiger partial charge is 0.747 e. The molecule has 0 aliphatic rings. The predicted octanol–water partition coefficient (Wildman–Crippen LogP) is 2.79. The topological polar surface area (TPSA) is 110 Å². The van der Waals surface area contributed by atoms with Gasteiger partial charge in [-0.3, -0.25) is 9.59 Å². The number of carbonyl (C=O) groups is 2.